The fourth-order valence-electron chi connectivity index (χ4n) is 1.58. The van der Waals surface area contributed by atoms with Gasteiger partial charge in [0.2, 0.25) is 0 Å². The first-order valence-corrected chi connectivity index (χ1v) is 5.49. The van der Waals surface area contributed by atoms with Gasteiger partial charge < -0.3 is 15.2 Å². The van der Waals surface area contributed by atoms with Crippen LogP contribution in [0.4, 0.5) is 18.9 Å². The van der Waals surface area contributed by atoms with Gasteiger partial charge in [-0.15, -0.1) is 0 Å². The molecule has 106 valence electrons. The smallest absolute Gasteiger partial charge is 0.432 e. The second-order valence-electron chi connectivity index (χ2n) is 3.81. The van der Waals surface area contributed by atoms with Gasteiger partial charge in [0.15, 0.2) is 0 Å². The molecule has 0 fully saturated rings. The Morgan fingerprint density at radius 1 is 1.32 bits per heavy atom. The van der Waals surface area contributed by atoms with Crippen LogP contribution in [-0.4, -0.2) is 30.9 Å². The Balaban J connectivity index is 3.23. The van der Waals surface area contributed by atoms with E-state index in [2.05, 4.69) is 10.1 Å². The van der Waals surface area contributed by atoms with Crippen LogP contribution in [-0.2, 0) is 15.1 Å². The van der Waals surface area contributed by atoms with E-state index in [0.29, 0.717) is 12.2 Å². The van der Waals surface area contributed by atoms with Crippen LogP contribution in [0.15, 0.2) is 24.3 Å². The predicted molar refractivity (Wildman–Crippen MR) is 62.6 cm³/mol. The van der Waals surface area contributed by atoms with Crippen molar-refractivity contribution in [1.29, 1.82) is 0 Å². The first kappa shape index (κ1) is 15.3. The van der Waals surface area contributed by atoms with Gasteiger partial charge in [0.1, 0.15) is 0 Å². The van der Waals surface area contributed by atoms with Crippen molar-refractivity contribution >= 4 is 11.7 Å². The maximum Gasteiger partial charge on any atom is 0.432 e. The maximum absolute atomic E-state index is 12.9. The Bertz CT molecular complexity index is 445. The minimum Gasteiger partial charge on any atom is -0.466 e. The highest BCUT2D eigenvalue weighted by Crippen LogP contribution is 2.40. The monoisotopic (exact) mass is 277 g/mol. The second-order valence-corrected chi connectivity index (χ2v) is 3.81. The summed E-state index contributed by atoms with van der Waals surface area (Å²) in [6, 6.07) is 4.75. The molecular formula is C12H14F3NO3. The average Bonchev–Trinajstić information content (AvgIpc) is 2.36. The zero-order valence-corrected chi connectivity index (χ0v) is 10.4. The molecular weight excluding hydrogens is 263 g/mol. The van der Waals surface area contributed by atoms with Crippen LogP contribution in [0.5, 0.6) is 0 Å². The molecule has 0 bridgehead atoms. The highest BCUT2D eigenvalue weighted by molar-refractivity contribution is 5.82. The number of nitrogens with one attached hydrogen (secondary N) is 1. The Kier molecular flexibility index (Phi) is 4.41. The Morgan fingerprint density at radius 2 is 1.84 bits per heavy atom. The van der Waals surface area contributed by atoms with Crippen molar-refractivity contribution in [1.82, 2.24) is 0 Å². The summed E-state index contributed by atoms with van der Waals surface area (Å²) in [6.07, 6.45) is -5.17. The number of anilines is 1. The minimum atomic E-state index is -5.17. The van der Waals surface area contributed by atoms with Gasteiger partial charge in [0.25, 0.3) is 5.60 Å². The zero-order chi connectivity index (χ0) is 14.7. The number of carbonyl (C=O) groups is 1. The summed E-state index contributed by atoms with van der Waals surface area (Å²) in [5, 5.41) is 12.6. The van der Waals surface area contributed by atoms with Crippen LogP contribution in [0.25, 0.3) is 0 Å². The molecule has 1 atom stereocenters. The summed E-state index contributed by atoms with van der Waals surface area (Å²) in [4.78, 5) is 11.3. The Morgan fingerprint density at radius 3 is 2.21 bits per heavy atom. The lowest BCUT2D eigenvalue weighted by atomic mass is 9.93. The van der Waals surface area contributed by atoms with Crippen molar-refractivity contribution in [3.8, 4) is 0 Å². The van der Waals surface area contributed by atoms with E-state index in [-0.39, 0.29) is 0 Å². The quantitative estimate of drug-likeness (QED) is 0.827. The number of methoxy groups -OCH3 is 1. The third-order valence-electron chi connectivity index (χ3n) is 2.57. The van der Waals surface area contributed by atoms with Gasteiger partial charge in [0, 0.05) is 17.8 Å². The van der Waals surface area contributed by atoms with Gasteiger partial charge >= 0.3 is 12.1 Å². The summed E-state index contributed by atoms with van der Waals surface area (Å²) in [5.41, 5.74) is -3.67. The molecule has 0 aliphatic rings. The van der Waals surface area contributed by atoms with Crippen LogP contribution < -0.4 is 5.32 Å². The molecule has 0 aromatic heterocycles. The molecule has 0 spiro atoms. The van der Waals surface area contributed by atoms with Crippen molar-refractivity contribution in [2.24, 2.45) is 0 Å². The van der Waals surface area contributed by atoms with Crippen LogP contribution in [0.1, 0.15) is 12.5 Å². The number of hydrogen-bond acceptors (Lipinski definition) is 4. The number of rotatable bonds is 4. The van der Waals surface area contributed by atoms with Crippen molar-refractivity contribution in [3.05, 3.63) is 29.8 Å². The van der Waals surface area contributed by atoms with Crippen molar-refractivity contribution < 1.29 is 27.8 Å². The van der Waals surface area contributed by atoms with E-state index in [1.54, 1.807) is 0 Å². The molecule has 0 amide bonds. The van der Waals surface area contributed by atoms with Crippen LogP contribution in [0, 0.1) is 0 Å². The van der Waals surface area contributed by atoms with Gasteiger partial charge in [-0.05, 0) is 19.1 Å². The summed E-state index contributed by atoms with van der Waals surface area (Å²) < 4.78 is 42.8. The molecule has 1 aromatic rings. The highest BCUT2D eigenvalue weighted by atomic mass is 19.4. The van der Waals surface area contributed by atoms with E-state index in [1.165, 1.54) is 12.1 Å². The average molecular weight is 277 g/mol. The van der Waals surface area contributed by atoms with Gasteiger partial charge in [-0.2, -0.15) is 13.2 Å². The number of ether oxygens (including phenoxy) is 1. The lowest BCUT2D eigenvalue weighted by Gasteiger charge is -2.28. The number of hydrogen-bond donors (Lipinski definition) is 2. The number of halogens is 3. The Labute approximate surface area is 108 Å². The fourth-order valence-corrected chi connectivity index (χ4v) is 1.58. The summed E-state index contributed by atoms with van der Waals surface area (Å²) in [5.74, 6) is -1.77. The van der Waals surface area contributed by atoms with Gasteiger partial charge in [-0.3, -0.25) is 0 Å². The van der Waals surface area contributed by atoms with E-state index in [0.717, 1.165) is 19.2 Å². The maximum atomic E-state index is 12.9. The number of aliphatic hydroxyl groups is 1. The molecule has 0 saturated heterocycles. The normalized spacial score (nSPS) is 14.6. The molecule has 4 nitrogen and oxygen atoms in total. The molecule has 2 N–H and O–H groups in total. The third kappa shape index (κ3) is 2.81. The van der Waals surface area contributed by atoms with E-state index >= 15 is 0 Å². The lowest BCUT2D eigenvalue weighted by molar-refractivity contribution is -0.266. The van der Waals surface area contributed by atoms with Crippen molar-refractivity contribution in [3.63, 3.8) is 0 Å². The van der Waals surface area contributed by atoms with E-state index < -0.39 is 23.3 Å². The minimum absolute atomic E-state index is 0.584. The lowest BCUT2D eigenvalue weighted by Crippen LogP contribution is -2.49. The van der Waals surface area contributed by atoms with Crippen LogP contribution >= 0.6 is 0 Å². The van der Waals surface area contributed by atoms with Crippen molar-refractivity contribution in [2.45, 2.75) is 18.7 Å². The number of carbonyl (C=O) groups excluding carboxylic acids is 1. The summed E-state index contributed by atoms with van der Waals surface area (Å²) in [6.45, 7) is 2.42. The number of esters is 1. The fraction of sp³-hybridized carbons (Fsp3) is 0.417. The third-order valence-corrected chi connectivity index (χ3v) is 2.57. The first-order valence-electron chi connectivity index (χ1n) is 5.49. The molecule has 7 heteroatoms. The molecule has 0 heterocycles. The largest absolute Gasteiger partial charge is 0.466 e. The molecule has 0 aliphatic carbocycles. The van der Waals surface area contributed by atoms with Gasteiger partial charge in [0.05, 0.1) is 7.11 Å². The second kappa shape index (κ2) is 5.48. The standard InChI is InChI=1S/C12H14F3NO3/c1-3-16-9-6-4-8(5-7-9)11(18,10(17)19-2)12(13,14)15/h4-7,16,18H,3H2,1-2H3/t11-/m1/s1. The summed E-state index contributed by atoms with van der Waals surface area (Å²) >= 11 is 0. The summed E-state index contributed by atoms with van der Waals surface area (Å²) in [7, 11) is 0.784. The van der Waals surface area contributed by atoms with Crippen LogP contribution in [0.2, 0.25) is 0 Å². The van der Waals surface area contributed by atoms with Gasteiger partial charge in [-0.1, -0.05) is 12.1 Å². The highest BCUT2D eigenvalue weighted by Gasteiger charge is 2.62. The number of alkyl halides is 3. The van der Waals surface area contributed by atoms with E-state index in [1.807, 2.05) is 6.92 Å². The number of benzene rings is 1. The predicted octanol–water partition coefficient (Wildman–Crippen LogP) is 2.04. The Hall–Kier alpha value is -1.76. The molecule has 0 aliphatic heterocycles. The molecule has 1 aromatic carbocycles. The first-order chi connectivity index (χ1) is 8.77. The molecule has 0 saturated carbocycles. The van der Waals surface area contributed by atoms with E-state index in [4.69, 9.17) is 0 Å². The van der Waals surface area contributed by atoms with Gasteiger partial charge in [-0.25, -0.2) is 4.79 Å². The van der Waals surface area contributed by atoms with Crippen LogP contribution in [0.3, 0.4) is 0 Å². The van der Waals surface area contributed by atoms with Crippen molar-refractivity contribution in [2.75, 3.05) is 19.0 Å². The molecule has 0 unspecified atom stereocenters. The van der Waals surface area contributed by atoms with E-state index in [9.17, 15) is 23.1 Å². The zero-order valence-electron chi connectivity index (χ0n) is 10.4. The SMILES string of the molecule is CCNc1ccc([C@@](O)(C(=O)OC)C(F)(F)F)cc1. The molecule has 1 rings (SSSR count). The molecule has 0 radical (unpaired) electrons. The topological polar surface area (TPSA) is 58.6 Å². The molecule has 19 heavy (non-hydrogen) atoms.